The predicted octanol–water partition coefficient (Wildman–Crippen LogP) is 3.56. The monoisotopic (exact) mass is 322 g/mol. The van der Waals surface area contributed by atoms with Crippen molar-refractivity contribution in [2.24, 2.45) is 0 Å². The maximum atomic E-state index is 12.3. The highest BCUT2D eigenvalue weighted by Crippen LogP contribution is 2.27. The highest BCUT2D eigenvalue weighted by Gasteiger charge is 2.12. The number of benzene rings is 2. The summed E-state index contributed by atoms with van der Waals surface area (Å²) < 4.78 is 4.97. The Kier molecular flexibility index (Phi) is 5.23. The molecule has 2 N–H and O–H groups in total. The van der Waals surface area contributed by atoms with E-state index in [0.717, 1.165) is 11.1 Å². The molecule has 0 radical (unpaired) electrons. The summed E-state index contributed by atoms with van der Waals surface area (Å²) in [6.45, 7) is 3.86. The van der Waals surface area contributed by atoms with Crippen molar-refractivity contribution in [3.63, 3.8) is 0 Å². The number of amides is 1. The van der Waals surface area contributed by atoms with Crippen LogP contribution in [0.3, 0.4) is 0 Å². The first kappa shape index (κ1) is 17.1. The number of ether oxygens (including phenoxy) is 1. The molecule has 0 aromatic heterocycles. The zero-order valence-electron chi connectivity index (χ0n) is 13.8. The first-order chi connectivity index (χ1) is 11.5. The Balaban J connectivity index is 2.27. The van der Waals surface area contributed by atoms with Crippen LogP contribution < -0.4 is 10.1 Å². The van der Waals surface area contributed by atoms with E-state index in [4.69, 9.17) is 4.74 Å². The number of aryl methyl sites for hydroxylation is 1. The van der Waals surface area contributed by atoms with Crippen LogP contribution in [0, 0.1) is 25.2 Å². The largest absolute Gasteiger partial charge is 0.504 e. The number of anilines is 1. The summed E-state index contributed by atoms with van der Waals surface area (Å²) in [5.41, 5.74) is 3.14. The van der Waals surface area contributed by atoms with Crippen LogP contribution in [0.4, 0.5) is 5.69 Å². The number of methoxy groups -OCH3 is 1. The second kappa shape index (κ2) is 7.34. The summed E-state index contributed by atoms with van der Waals surface area (Å²) in [6, 6.07) is 12.1. The number of nitrogens with one attached hydrogen (secondary N) is 1. The molecule has 0 saturated heterocycles. The lowest BCUT2D eigenvalue weighted by Gasteiger charge is -2.10. The topological polar surface area (TPSA) is 82.3 Å². The van der Waals surface area contributed by atoms with E-state index in [1.54, 1.807) is 18.2 Å². The standard InChI is InChI=1S/C19H18N2O3/c1-12-5-4-6-16(13(12)2)21-19(23)15(11-20)9-14-7-8-18(24-3)17(22)10-14/h4-10,22H,1-3H3,(H,21,23)/b15-9+. The van der Waals surface area contributed by atoms with Gasteiger partial charge in [0.25, 0.3) is 5.91 Å². The van der Waals surface area contributed by atoms with Gasteiger partial charge in [-0.25, -0.2) is 0 Å². The van der Waals surface area contributed by atoms with Crippen molar-refractivity contribution in [3.8, 4) is 17.6 Å². The van der Waals surface area contributed by atoms with Gasteiger partial charge in [0.05, 0.1) is 7.11 Å². The Morgan fingerprint density at radius 2 is 2.04 bits per heavy atom. The van der Waals surface area contributed by atoms with Crippen LogP contribution in [0.2, 0.25) is 0 Å². The minimum absolute atomic E-state index is 0.0551. The average Bonchev–Trinajstić information content (AvgIpc) is 2.57. The number of nitriles is 1. The fraction of sp³-hybridized carbons (Fsp3) is 0.158. The fourth-order valence-electron chi connectivity index (χ4n) is 2.19. The molecule has 1 amide bonds. The molecule has 2 rings (SSSR count). The Morgan fingerprint density at radius 3 is 2.67 bits per heavy atom. The number of hydrogen-bond acceptors (Lipinski definition) is 4. The van der Waals surface area contributed by atoms with E-state index < -0.39 is 5.91 Å². The van der Waals surface area contributed by atoms with Gasteiger partial charge in [-0.15, -0.1) is 0 Å². The van der Waals surface area contributed by atoms with E-state index >= 15 is 0 Å². The Labute approximate surface area is 140 Å². The van der Waals surface area contributed by atoms with E-state index in [0.29, 0.717) is 17.0 Å². The van der Waals surface area contributed by atoms with Gasteiger partial charge in [-0.1, -0.05) is 18.2 Å². The maximum Gasteiger partial charge on any atom is 0.266 e. The number of phenols is 1. The molecule has 0 aliphatic heterocycles. The number of nitrogens with zero attached hydrogens (tertiary/aromatic N) is 1. The molecule has 0 aliphatic carbocycles. The number of phenolic OH excluding ortho intramolecular Hbond substituents is 1. The number of aromatic hydroxyl groups is 1. The first-order valence-corrected chi connectivity index (χ1v) is 7.32. The van der Waals surface area contributed by atoms with Crippen molar-refractivity contribution in [2.75, 3.05) is 12.4 Å². The molecule has 5 nitrogen and oxygen atoms in total. The van der Waals surface area contributed by atoms with Crippen molar-refractivity contribution < 1.29 is 14.6 Å². The van der Waals surface area contributed by atoms with Crippen molar-refractivity contribution in [1.82, 2.24) is 0 Å². The number of carbonyl (C=O) groups excluding carboxylic acids is 1. The van der Waals surface area contributed by atoms with E-state index in [9.17, 15) is 15.2 Å². The summed E-state index contributed by atoms with van der Waals surface area (Å²) in [5.74, 6) is -0.231. The molecule has 5 heteroatoms. The van der Waals surface area contributed by atoms with E-state index in [-0.39, 0.29) is 11.3 Å². The van der Waals surface area contributed by atoms with Crippen LogP contribution in [0.5, 0.6) is 11.5 Å². The third-order valence-corrected chi connectivity index (χ3v) is 3.73. The molecule has 0 heterocycles. The predicted molar refractivity (Wildman–Crippen MR) is 92.8 cm³/mol. The van der Waals surface area contributed by atoms with Crippen molar-refractivity contribution in [2.45, 2.75) is 13.8 Å². The molecule has 0 atom stereocenters. The van der Waals surface area contributed by atoms with E-state index in [1.165, 1.54) is 19.3 Å². The van der Waals surface area contributed by atoms with Crippen LogP contribution >= 0.6 is 0 Å². The molecule has 0 spiro atoms. The normalized spacial score (nSPS) is 10.8. The highest BCUT2D eigenvalue weighted by molar-refractivity contribution is 6.10. The molecule has 0 aliphatic rings. The average molecular weight is 322 g/mol. The summed E-state index contributed by atoms with van der Waals surface area (Å²) in [4.78, 5) is 12.3. The zero-order chi connectivity index (χ0) is 17.7. The van der Waals surface area contributed by atoms with Crippen molar-refractivity contribution >= 4 is 17.7 Å². The van der Waals surface area contributed by atoms with Gasteiger partial charge in [0, 0.05) is 5.69 Å². The first-order valence-electron chi connectivity index (χ1n) is 7.32. The zero-order valence-corrected chi connectivity index (χ0v) is 13.8. The smallest absolute Gasteiger partial charge is 0.266 e. The fourth-order valence-corrected chi connectivity index (χ4v) is 2.19. The molecule has 2 aromatic carbocycles. The van der Waals surface area contributed by atoms with E-state index in [2.05, 4.69) is 5.32 Å². The van der Waals surface area contributed by atoms with Gasteiger partial charge in [0.15, 0.2) is 11.5 Å². The third kappa shape index (κ3) is 3.73. The summed E-state index contributed by atoms with van der Waals surface area (Å²) in [5, 5.41) is 21.8. The lowest BCUT2D eigenvalue weighted by molar-refractivity contribution is -0.112. The summed E-state index contributed by atoms with van der Waals surface area (Å²) in [6.07, 6.45) is 1.42. The number of rotatable bonds is 4. The van der Waals surface area contributed by atoms with Crippen LogP contribution in [-0.4, -0.2) is 18.1 Å². The maximum absolute atomic E-state index is 12.3. The van der Waals surface area contributed by atoms with E-state index in [1.807, 2.05) is 32.0 Å². The molecule has 24 heavy (non-hydrogen) atoms. The van der Waals surface area contributed by atoms with Crippen LogP contribution in [-0.2, 0) is 4.79 Å². The van der Waals surface area contributed by atoms with Crippen LogP contribution in [0.25, 0.3) is 6.08 Å². The van der Waals surface area contributed by atoms with Gasteiger partial charge >= 0.3 is 0 Å². The Bertz CT molecular complexity index is 848. The third-order valence-electron chi connectivity index (χ3n) is 3.73. The molecule has 0 fully saturated rings. The Hall–Kier alpha value is -3.26. The van der Waals surface area contributed by atoms with Gasteiger partial charge in [0.2, 0.25) is 0 Å². The van der Waals surface area contributed by atoms with Gasteiger partial charge in [-0.2, -0.15) is 5.26 Å². The van der Waals surface area contributed by atoms with Crippen LogP contribution in [0.1, 0.15) is 16.7 Å². The Morgan fingerprint density at radius 1 is 1.29 bits per heavy atom. The lowest BCUT2D eigenvalue weighted by atomic mass is 10.1. The molecular weight excluding hydrogens is 304 g/mol. The molecular formula is C19H18N2O3. The molecule has 122 valence electrons. The second-order valence-corrected chi connectivity index (χ2v) is 5.30. The highest BCUT2D eigenvalue weighted by atomic mass is 16.5. The van der Waals surface area contributed by atoms with Gasteiger partial charge in [-0.3, -0.25) is 4.79 Å². The molecule has 0 saturated carbocycles. The SMILES string of the molecule is COc1ccc(/C=C(\C#N)C(=O)Nc2cccc(C)c2C)cc1O. The minimum atomic E-state index is -0.499. The molecule has 0 bridgehead atoms. The van der Waals surface area contributed by atoms with Gasteiger partial charge < -0.3 is 15.2 Å². The minimum Gasteiger partial charge on any atom is -0.504 e. The number of hydrogen-bond donors (Lipinski definition) is 2. The molecule has 2 aromatic rings. The molecule has 0 unspecified atom stereocenters. The van der Waals surface area contributed by atoms with Gasteiger partial charge in [-0.05, 0) is 54.8 Å². The quantitative estimate of drug-likeness (QED) is 0.666. The summed E-state index contributed by atoms with van der Waals surface area (Å²) >= 11 is 0. The second-order valence-electron chi connectivity index (χ2n) is 5.30. The van der Waals surface area contributed by atoms with Crippen LogP contribution in [0.15, 0.2) is 42.0 Å². The van der Waals surface area contributed by atoms with Crippen molar-refractivity contribution in [3.05, 3.63) is 58.7 Å². The van der Waals surface area contributed by atoms with Gasteiger partial charge in [0.1, 0.15) is 11.6 Å². The number of carbonyl (C=O) groups is 1. The lowest BCUT2D eigenvalue weighted by Crippen LogP contribution is -2.14. The summed E-state index contributed by atoms with van der Waals surface area (Å²) in [7, 11) is 1.45. The van der Waals surface area contributed by atoms with Crippen molar-refractivity contribution in [1.29, 1.82) is 5.26 Å².